The Morgan fingerprint density at radius 2 is 1.16 bits per heavy atom. The average Bonchev–Trinajstić information content (AvgIpc) is 3.58. The number of hydrogen-bond donors (Lipinski definition) is 0. The van der Waals surface area contributed by atoms with E-state index < -0.39 is 0 Å². The second-order valence-corrected chi connectivity index (χ2v) is 14.7. The van der Waals surface area contributed by atoms with Gasteiger partial charge in [-0.15, -0.1) is 0 Å². The molecule has 0 amide bonds. The Kier molecular flexibility index (Phi) is 12.0. The van der Waals surface area contributed by atoms with Crippen molar-refractivity contribution in [2.75, 3.05) is 16.3 Å². The number of anilines is 4. The van der Waals surface area contributed by atoms with Crippen molar-refractivity contribution in [1.29, 1.82) is 0 Å². The van der Waals surface area contributed by atoms with Gasteiger partial charge in [0, 0.05) is 47.3 Å². The summed E-state index contributed by atoms with van der Waals surface area (Å²) in [5.74, 6) is 0.404. The van der Waals surface area contributed by atoms with E-state index in [0.29, 0.717) is 5.92 Å². The van der Waals surface area contributed by atoms with E-state index >= 15 is 0 Å². The predicted molar refractivity (Wildman–Crippen MR) is 245 cm³/mol. The summed E-state index contributed by atoms with van der Waals surface area (Å²) in [5.41, 5.74) is 14.6. The molecule has 1 atom stereocenters. The molecule has 2 aliphatic carbocycles. The monoisotopic (exact) mass is 738 g/mol. The third-order valence-corrected chi connectivity index (χ3v) is 10.9. The highest BCUT2D eigenvalue weighted by molar-refractivity contribution is 5.79. The summed E-state index contributed by atoms with van der Waals surface area (Å²) in [4.78, 5) is 4.77. The lowest BCUT2D eigenvalue weighted by Gasteiger charge is -2.28. The number of rotatable bonds is 13. The normalized spacial score (nSPS) is 14.2. The fourth-order valence-electron chi connectivity index (χ4n) is 7.84. The molecule has 0 aromatic heterocycles. The Labute approximate surface area is 339 Å². The van der Waals surface area contributed by atoms with E-state index in [1.807, 2.05) is 0 Å². The first-order valence-corrected chi connectivity index (χ1v) is 20.4. The lowest BCUT2D eigenvalue weighted by atomic mass is 9.96. The maximum atomic E-state index is 2.39. The number of para-hydroxylation sites is 1. The zero-order valence-electron chi connectivity index (χ0n) is 32.8. The topological polar surface area (TPSA) is 6.48 Å². The van der Waals surface area contributed by atoms with Gasteiger partial charge in [-0.25, -0.2) is 0 Å². The second kappa shape index (κ2) is 18.3. The molecule has 0 fully saturated rings. The van der Waals surface area contributed by atoms with Crippen LogP contribution in [0.25, 0.3) is 27.8 Å². The van der Waals surface area contributed by atoms with Crippen molar-refractivity contribution in [1.82, 2.24) is 0 Å². The van der Waals surface area contributed by atoms with Crippen LogP contribution in [-0.2, 0) is 0 Å². The smallest absolute Gasteiger partial charge is 0.0458 e. The summed E-state index contributed by atoms with van der Waals surface area (Å²) in [6.07, 6.45) is 26.5. The highest BCUT2D eigenvalue weighted by Gasteiger charge is 2.16. The minimum Gasteiger partial charge on any atom is -0.338 e. The molecular weight excluding hydrogens is 689 g/mol. The Morgan fingerprint density at radius 3 is 1.79 bits per heavy atom. The van der Waals surface area contributed by atoms with Crippen molar-refractivity contribution >= 4 is 28.3 Å². The predicted octanol–water partition coefficient (Wildman–Crippen LogP) is 15.2. The molecule has 57 heavy (non-hydrogen) atoms. The molecule has 0 heterocycles. The zero-order chi connectivity index (χ0) is 38.7. The number of hydrogen-bond acceptors (Lipinski definition) is 2. The molecule has 6 aromatic carbocycles. The number of allylic oxidation sites excluding steroid dienone is 10. The molecule has 2 nitrogen and oxygen atoms in total. The minimum absolute atomic E-state index is 0.404. The molecule has 2 aliphatic rings. The summed E-state index contributed by atoms with van der Waals surface area (Å²) in [5, 5.41) is 0. The summed E-state index contributed by atoms with van der Waals surface area (Å²) in [6.45, 7) is 3.05. The lowest BCUT2D eigenvalue weighted by Crippen LogP contribution is -2.16. The number of benzene rings is 6. The van der Waals surface area contributed by atoms with Crippen LogP contribution in [0.15, 0.2) is 224 Å². The Bertz CT molecular complexity index is 2410. The van der Waals surface area contributed by atoms with Gasteiger partial charge in [-0.3, -0.25) is 0 Å². The molecule has 8 rings (SSSR count). The summed E-state index contributed by atoms with van der Waals surface area (Å²) in [7, 11) is 0. The molecule has 0 radical (unpaired) electrons. The number of nitrogens with zero attached hydrogens (tertiary/aromatic N) is 2. The van der Waals surface area contributed by atoms with Crippen molar-refractivity contribution in [3.8, 4) is 22.3 Å². The van der Waals surface area contributed by atoms with Crippen LogP contribution in [0, 0.1) is 0 Å². The van der Waals surface area contributed by atoms with Gasteiger partial charge in [-0.2, -0.15) is 0 Å². The van der Waals surface area contributed by atoms with Gasteiger partial charge in [0.2, 0.25) is 0 Å². The molecule has 280 valence electrons. The summed E-state index contributed by atoms with van der Waals surface area (Å²) < 4.78 is 0. The van der Waals surface area contributed by atoms with Crippen molar-refractivity contribution in [3.63, 3.8) is 0 Å². The average molecular weight is 739 g/mol. The van der Waals surface area contributed by atoms with E-state index in [4.69, 9.17) is 0 Å². The van der Waals surface area contributed by atoms with E-state index in [2.05, 4.69) is 235 Å². The third-order valence-electron chi connectivity index (χ3n) is 10.9. The van der Waals surface area contributed by atoms with Gasteiger partial charge < -0.3 is 9.80 Å². The van der Waals surface area contributed by atoms with Crippen molar-refractivity contribution in [2.45, 2.75) is 38.5 Å². The van der Waals surface area contributed by atoms with Gasteiger partial charge in [0.25, 0.3) is 0 Å². The van der Waals surface area contributed by atoms with Gasteiger partial charge in [-0.1, -0.05) is 165 Å². The first-order chi connectivity index (χ1) is 28.2. The zero-order valence-corrected chi connectivity index (χ0v) is 32.8. The SMILES string of the molecule is CCC(/C=C\CN(c1ccccc1)c1ccc(-c2cccc(-c3ccc(N(C4=CC=CC=CC4)c4ccc(C5=CCCC=C5)cc4)cc3)c2)cc1)c1ccccc1. The van der Waals surface area contributed by atoms with E-state index in [1.54, 1.807) is 0 Å². The molecule has 0 bridgehead atoms. The van der Waals surface area contributed by atoms with Crippen molar-refractivity contribution in [3.05, 3.63) is 235 Å². The van der Waals surface area contributed by atoms with Crippen LogP contribution >= 0.6 is 0 Å². The van der Waals surface area contributed by atoms with Gasteiger partial charge in [0.15, 0.2) is 0 Å². The van der Waals surface area contributed by atoms with E-state index in [0.717, 1.165) is 43.6 Å². The summed E-state index contributed by atoms with van der Waals surface area (Å²) >= 11 is 0. The lowest BCUT2D eigenvalue weighted by molar-refractivity contribution is 0.802. The quantitative estimate of drug-likeness (QED) is 0.109. The minimum atomic E-state index is 0.404. The van der Waals surface area contributed by atoms with Crippen LogP contribution in [0.1, 0.15) is 49.7 Å². The maximum absolute atomic E-state index is 2.39. The first kappa shape index (κ1) is 37.3. The second-order valence-electron chi connectivity index (χ2n) is 14.7. The van der Waals surface area contributed by atoms with Crippen molar-refractivity contribution < 1.29 is 0 Å². The van der Waals surface area contributed by atoms with Crippen LogP contribution in [0.5, 0.6) is 0 Å². The molecule has 1 unspecified atom stereocenters. The standard InChI is InChI=1S/C55H50N2/c1-2-43(44-18-8-5-9-19-44)24-17-41-56(51-25-14-7-15-26-51)52-35-29-47(30-36-52)49-22-16-23-50(42-49)48-33-39-55(40-34-48)57(53-27-12-3-4-13-28-53)54-37-31-46(32-38-54)45-20-10-6-11-21-45/h3-5,7-10,12-27,29-40,42-43H,2,6,11,28,41H2,1H3/b24-17-. The Morgan fingerprint density at radius 1 is 0.544 bits per heavy atom. The van der Waals surface area contributed by atoms with Crippen LogP contribution < -0.4 is 9.80 Å². The molecule has 0 aliphatic heterocycles. The molecule has 2 heteroatoms. The molecule has 0 saturated carbocycles. The fourth-order valence-corrected chi connectivity index (χ4v) is 7.84. The van der Waals surface area contributed by atoms with Crippen LogP contribution in [0.2, 0.25) is 0 Å². The van der Waals surface area contributed by atoms with Crippen LogP contribution in [0.4, 0.5) is 22.7 Å². The van der Waals surface area contributed by atoms with Gasteiger partial charge in [-0.05, 0) is 119 Å². The molecule has 0 N–H and O–H groups in total. The fraction of sp³-hybridized carbons (Fsp3) is 0.127. The highest BCUT2D eigenvalue weighted by atomic mass is 15.1. The third kappa shape index (κ3) is 9.09. The Hall–Kier alpha value is -6.64. The first-order valence-electron chi connectivity index (χ1n) is 20.4. The van der Waals surface area contributed by atoms with Crippen LogP contribution in [0.3, 0.4) is 0 Å². The van der Waals surface area contributed by atoms with E-state index in [9.17, 15) is 0 Å². The van der Waals surface area contributed by atoms with Crippen molar-refractivity contribution in [2.24, 2.45) is 0 Å². The van der Waals surface area contributed by atoms with Gasteiger partial charge in [0.05, 0.1) is 0 Å². The molecule has 0 saturated heterocycles. The Balaban J connectivity index is 1.02. The molecular formula is C55H50N2. The van der Waals surface area contributed by atoms with E-state index in [1.165, 1.54) is 56.0 Å². The van der Waals surface area contributed by atoms with Gasteiger partial charge in [0.1, 0.15) is 0 Å². The largest absolute Gasteiger partial charge is 0.338 e. The van der Waals surface area contributed by atoms with E-state index in [-0.39, 0.29) is 0 Å². The molecule has 0 spiro atoms. The summed E-state index contributed by atoms with van der Waals surface area (Å²) in [6, 6.07) is 57.4. The van der Waals surface area contributed by atoms with Crippen LogP contribution in [-0.4, -0.2) is 6.54 Å². The molecule has 6 aromatic rings. The highest BCUT2D eigenvalue weighted by Crippen LogP contribution is 2.36. The maximum Gasteiger partial charge on any atom is 0.0458 e. The van der Waals surface area contributed by atoms with Gasteiger partial charge >= 0.3 is 0 Å².